The predicted octanol–water partition coefficient (Wildman–Crippen LogP) is 2.24. The van der Waals surface area contributed by atoms with Crippen molar-refractivity contribution in [1.29, 1.82) is 0 Å². The molecule has 1 aromatic rings. The summed E-state index contributed by atoms with van der Waals surface area (Å²) in [6.07, 6.45) is 4.62. The van der Waals surface area contributed by atoms with Crippen molar-refractivity contribution in [2.24, 2.45) is 5.92 Å². The summed E-state index contributed by atoms with van der Waals surface area (Å²) in [5.74, 6) is 0.709. The molecule has 88 valence electrons. The summed E-state index contributed by atoms with van der Waals surface area (Å²) in [4.78, 5) is 11.6. The maximum Gasteiger partial charge on any atom is 0.321 e. The summed E-state index contributed by atoms with van der Waals surface area (Å²) in [6.45, 7) is 2.23. The largest absolute Gasteiger partial charge is 0.335 e. The highest BCUT2D eigenvalue weighted by Gasteiger charge is 2.20. The van der Waals surface area contributed by atoms with Crippen LogP contribution in [-0.4, -0.2) is 22.3 Å². The second-order valence-corrected chi connectivity index (χ2v) is 5.14. The van der Waals surface area contributed by atoms with Gasteiger partial charge in [-0.15, -0.1) is 10.2 Å². The van der Waals surface area contributed by atoms with Gasteiger partial charge < -0.3 is 5.32 Å². The summed E-state index contributed by atoms with van der Waals surface area (Å²) in [7, 11) is 0. The van der Waals surface area contributed by atoms with Gasteiger partial charge in [0, 0.05) is 6.04 Å². The van der Waals surface area contributed by atoms with Gasteiger partial charge in [0.05, 0.1) is 0 Å². The van der Waals surface area contributed by atoms with E-state index in [9.17, 15) is 4.79 Å². The zero-order valence-electron chi connectivity index (χ0n) is 9.27. The summed E-state index contributed by atoms with van der Waals surface area (Å²) in [5, 5.41) is 13.6. The maximum atomic E-state index is 11.6. The van der Waals surface area contributed by atoms with Gasteiger partial charge in [-0.1, -0.05) is 31.1 Å². The van der Waals surface area contributed by atoms with Crippen LogP contribution in [0.4, 0.5) is 9.93 Å². The Kier molecular flexibility index (Phi) is 3.71. The van der Waals surface area contributed by atoms with Crippen LogP contribution in [0, 0.1) is 5.92 Å². The number of urea groups is 1. The van der Waals surface area contributed by atoms with Gasteiger partial charge in [-0.2, -0.15) is 0 Å². The van der Waals surface area contributed by atoms with Gasteiger partial charge >= 0.3 is 6.03 Å². The van der Waals surface area contributed by atoms with Gasteiger partial charge in [0.2, 0.25) is 5.13 Å². The van der Waals surface area contributed by atoms with Crippen molar-refractivity contribution in [3.05, 3.63) is 5.51 Å². The second-order valence-electron chi connectivity index (χ2n) is 4.31. The van der Waals surface area contributed by atoms with Crippen LogP contribution in [-0.2, 0) is 0 Å². The van der Waals surface area contributed by atoms with Crippen LogP contribution in [0.1, 0.15) is 32.6 Å². The first kappa shape index (κ1) is 11.3. The Morgan fingerprint density at radius 3 is 3.12 bits per heavy atom. The summed E-state index contributed by atoms with van der Waals surface area (Å²) in [6, 6.07) is 0.132. The Bertz CT molecular complexity index is 341. The van der Waals surface area contributed by atoms with Crippen LogP contribution >= 0.6 is 11.3 Å². The number of nitrogens with one attached hydrogen (secondary N) is 2. The Hall–Kier alpha value is -1.17. The topological polar surface area (TPSA) is 66.9 Å². The Balaban J connectivity index is 1.78. The van der Waals surface area contributed by atoms with E-state index in [4.69, 9.17) is 0 Å². The molecule has 16 heavy (non-hydrogen) atoms. The van der Waals surface area contributed by atoms with Gasteiger partial charge in [0.25, 0.3) is 0 Å². The molecule has 0 unspecified atom stereocenters. The minimum absolute atomic E-state index is 0.171. The second kappa shape index (κ2) is 5.25. The van der Waals surface area contributed by atoms with Gasteiger partial charge in [0.15, 0.2) is 0 Å². The molecule has 0 bridgehead atoms. The van der Waals surface area contributed by atoms with Crippen molar-refractivity contribution < 1.29 is 4.79 Å². The van der Waals surface area contributed by atoms with E-state index in [1.807, 2.05) is 0 Å². The molecule has 2 N–H and O–H groups in total. The number of rotatable bonds is 2. The molecule has 1 heterocycles. The van der Waals surface area contributed by atoms with Crippen LogP contribution in [0.5, 0.6) is 0 Å². The van der Waals surface area contributed by atoms with Crippen molar-refractivity contribution in [1.82, 2.24) is 15.5 Å². The lowest BCUT2D eigenvalue weighted by atomic mass is 9.87. The van der Waals surface area contributed by atoms with Gasteiger partial charge in [-0.25, -0.2) is 4.79 Å². The molecule has 2 amide bonds. The average molecular weight is 240 g/mol. The highest BCUT2D eigenvalue weighted by Crippen LogP contribution is 2.23. The first-order valence-corrected chi connectivity index (χ1v) is 6.45. The zero-order chi connectivity index (χ0) is 11.4. The van der Waals surface area contributed by atoms with Crippen molar-refractivity contribution in [2.75, 3.05) is 5.32 Å². The fraction of sp³-hybridized carbons (Fsp3) is 0.700. The van der Waals surface area contributed by atoms with Crippen LogP contribution in [0.15, 0.2) is 5.51 Å². The highest BCUT2D eigenvalue weighted by molar-refractivity contribution is 7.13. The van der Waals surface area contributed by atoms with Crippen LogP contribution in [0.2, 0.25) is 0 Å². The number of hydrogen-bond donors (Lipinski definition) is 2. The molecule has 2 atom stereocenters. The third-order valence-electron chi connectivity index (χ3n) is 2.85. The van der Waals surface area contributed by atoms with E-state index in [2.05, 4.69) is 27.8 Å². The maximum absolute atomic E-state index is 11.6. The normalized spacial score (nSPS) is 25.1. The van der Waals surface area contributed by atoms with Crippen LogP contribution in [0.3, 0.4) is 0 Å². The molecule has 1 aliphatic carbocycles. The van der Waals surface area contributed by atoms with E-state index >= 15 is 0 Å². The standard InChI is InChI=1S/C10H16N4OS/c1-7-3-2-4-8(5-7)12-9(15)13-10-14-11-6-16-10/h6-8H,2-5H2,1H3,(H2,12,13,14,15)/t7-,8+/m1/s1. The van der Waals surface area contributed by atoms with Crippen molar-refractivity contribution >= 4 is 22.5 Å². The predicted molar refractivity (Wildman–Crippen MR) is 63.5 cm³/mol. The molecule has 1 fully saturated rings. The first-order chi connectivity index (χ1) is 7.74. The van der Waals surface area contributed by atoms with Crippen molar-refractivity contribution in [3.63, 3.8) is 0 Å². The van der Waals surface area contributed by atoms with E-state index in [0.717, 1.165) is 12.8 Å². The summed E-state index contributed by atoms with van der Waals surface area (Å²) in [5.41, 5.74) is 1.60. The molecular weight excluding hydrogens is 224 g/mol. The molecule has 6 heteroatoms. The zero-order valence-corrected chi connectivity index (χ0v) is 10.1. The number of hydrogen-bond acceptors (Lipinski definition) is 4. The molecular formula is C10H16N4OS. The van der Waals surface area contributed by atoms with E-state index in [1.54, 1.807) is 5.51 Å². The number of aromatic nitrogens is 2. The number of amides is 2. The first-order valence-electron chi connectivity index (χ1n) is 5.57. The number of carbonyl (C=O) groups excluding carboxylic acids is 1. The van der Waals surface area contributed by atoms with Crippen molar-refractivity contribution in [3.8, 4) is 0 Å². The lowest BCUT2D eigenvalue weighted by Crippen LogP contribution is -2.40. The highest BCUT2D eigenvalue weighted by atomic mass is 32.1. The third-order valence-corrected chi connectivity index (χ3v) is 3.46. The number of anilines is 1. The van der Waals surface area contributed by atoms with Crippen LogP contribution < -0.4 is 10.6 Å². The Labute approximate surface area is 98.7 Å². The van der Waals surface area contributed by atoms with Gasteiger partial charge in [0.1, 0.15) is 5.51 Å². The number of carbonyl (C=O) groups is 1. The average Bonchev–Trinajstić information content (AvgIpc) is 2.70. The fourth-order valence-electron chi connectivity index (χ4n) is 2.11. The molecule has 5 nitrogen and oxygen atoms in total. The fourth-order valence-corrected chi connectivity index (χ4v) is 2.55. The molecule has 0 saturated heterocycles. The van der Waals surface area contributed by atoms with Gasteiger partial charge in [-0.3, -0.25) is 5.32 Å². The molecule has 2 rings (SSSR count). The smallest absolute Gasteiger partial charge is 0.321 e. The number of nitrogens with zero attached hydrogens (tertiary/aromatic N) is 2. The molecule has 0 aliphatic heterocycles. The third kappa shape index (κ3) is 3.16. The summed E-state index contributed by atoms with van der Waals surface area (Å²) < 4.78 is 0. The minimum Gasteiger partial charge on any atom is -0.335 e. The SMILES string of the molecule is C[C@@H]1CCC[C@H](NC(=O)Nc2nncs2)C1. The van der Waals surface area contributed by atoms with E-state index in [1.165, 1.54) is 24.2 Å². The lowest BCUT2D eigenvalue weighted by Gasteiger charge is -2.27. The molecule has 0 radical (unpaired) electrons. The molecule has 0 aromatic carbocycles. The molecule has 1 aliphatic rings. The van der Waals surface area contributed by atoms with E-state index in [-0.39, 0.29) is 6.03 Å². The van der Waals surface area contributed by atoms with Crippen LogP contribution in [0.25, 0.3) is 0 Å². The minimum atomic E-state index is -0.171. The summed E-state index contributed by atoms with van der Waals surface area (Å²) >= 11 is 1.32. The van der Waals surface area contributed by atoms with E-state index < -0.39 is 0 Å². The Morgan fingerprint density at radius 1 is 1.56 bits per heavy atom. The molecule has 1 saturated carbocycles. The Morgan fingerprint density at radius 2 is 2.44 bits per heavy atom. The monoisotopic (exact) mass is 240 g/mol. The van der Waals surface area contributed by atoms with Gasteiger partial charge in [-0.05, 0) is 18.8 Å². The lowest BCUT2D eigenvalue weighted by molar-refractivity contribution is 0.238. The van der Waals surface area contributed by atoms with Crippen molar-refractivity contribution in [2.45, 2.75) is 38.6 Å². The van der Waals surface area contributed by atoms with E-state index in [0.29, 0.717) is 17.1 Å². The molecule has 1 aromatic heterocycles. The quantitative estimate of drug-likeness (QED) is 0.833. The molecule has 0 spiro atoms.